The molecule has 0 bridgehead atoms. The molecule has 2 aromatic carbocycles. The number of benzene rings is 2. The molecule has 0 radical (unpaired) electrons. The van der Waals surface area contributed by atoms with Gasteiger partial charge < -0.3 is 19.3 Å². The Kier molecular flexibility index (Phi) is 8.32. The Morgan fingerprint density at radius 3 is 2.53 bits per heavy atom. The van der Waals surface area contributed by atoms with Crippen molar-refractivity contribution in [3.63, 3.8) is 0 Å². The average molecular weight is 506 g/mol. The summed E-state index contributed by atoms with van der Waals surface area (Å²) in [5.41, 5.74) is 1.16. The van der Waals surface area contributed by atoms with Gasteiger partial charge in [0.05, 0.1) is 29.9 Å². The largest absolute Gasteiger partial charge is 0.497 e. The number of halogens is 2. The van der Waals surface area contributed by atoms with E-state index in [1.807, 2.05) is 28.0 Å². The molecule has 2 fully saturated rings. The number of ether oxygens (including phenoxy) is 2. The summed E-state index contributed by atoms with van der Waals surface area (Å²) in [6.07, 6.45) is 0.801. The first kappa shape index (κ1) is 24.8. The number of rotatable bonds is 5. The number of carbonyl (C=O) groups is 2. The van der Waals surface area contributed by atoms with Crippen LogP contribution < -0.4 is 4.74 Å². The lowest BCUT2D eigenvalue weighted by atomic mass is 10.1. The zero-order chi connectivity index (χ0) is 24.1. The molecule has 7 nitrogen and oxygen atoms in total. The van der Waals surface area contributed by atoms with Crippen LogP contribution in [0.5, 0.6) is 5.75 Å². The van der Waals surface area contributed by atoms with Crippen molar-refractivity contribution >= 4 is 35.0 Å². The topological polar surface area (TPSA) is 62.3 Å². The summed E-state index contributed by atoms with van der Waals surface area (Å²) in [4.78, 5) is 32.0. The van der Waals surface area contributed by atoms with Crippen molar-refractivity contribution in [3.8, 4) is 5.75 Å². The van der Waals surface area contributed by atoms with E-state index in [2.05, 4.69) is 4.90 Å². The van der Waals surface area contributed by atoms with Crippen LogP contribution in [0.2, 0.25) is 10.0 Å². The monoisotopic (exact) mass is 505 g/mol. The van der Waals surface area contributed by atoms with Crippen molar-refractivity contribution < 1.29 is 19.1 Å². The predicted octanol–water partition coefficient (Wildman–Crippen LogP) is 3.69. The van der Waals surface area contributed by atoms with Crippen molar-refractivity contribution in [2.75, 3.05) is 59.5 Å². The van der Waals surface area contributed by atoms with Crippen LogP contribution in [0.25, 0.3) is 0 Å². The molecule has 2 aromatic rings. The molecule has 34 heavy (non-hydrogen) atoms. The quantitative estimate of drug-likeness (QED) is 0.619. The Balaban J connectivity index is 1.32. The van der Waals surface area contributed by atoms with E-state index in [0.717, 1.165) is 19.5 Å². The highest BCUT2D eigenvalue weighted by Crippen LogP contribution is 2.24. The summed E-state index contributed by atoms with van der Waals surface area (Å²) in [7, 11) is 1.60. The number of morpholine rings is 1. The zero-order valence-electron chi connectivity index (χ0n) is 19.2. The predicted molar refractivity (Wildman–Crippen MR) is 132 cm³/mol. The van der Waals surface area contributed by atoms with Crippen molar-refractivity contribution in [2.24, 2.45) is 0 Å². The highest BCUT2D eigenvalue weighted by Gasteiger charge is 2.28. The van der Waals surface area contributed by atoms with Gasteiger partial charge in [0.25, 0.3) is 11.8 Å². The average Bonchev–Trinajstić information content (AvgIpc) is 3.10. The number of nitrogens with zero attached hydrogens (tertiary/aromatic N) is 3. The highest BCUT2D eigenvalue weighted by molar-refractivity contribution is 6.42. The van der Waals surface area contributed by atoms with Gasteiger partial charge >= 0.3 is 0 Å². The lowest BCUT2D eigenvalue weighted by Gasteiger charge is -2.35. The van der Waals surface area contributed by atoms with Gasteiger partial charge in [-0.05, 0) is 49.4 Å². The van der Waals surface area contributed by atoms with Gasteiger partial charge in [-0.2, -0.15) is 0 Å². The minimum atomic E-state index is -0.0823. The van der Waals surface area contributed by atoms with Crippen LogP contribution in [0.4, 0.5) is 0 Å². The fourth-order valence-corrected chi connectivity index (χ4v) is 4.71. The molecule has 0 N–H and O–H groups in total. The zero-order valence-corrected chi connectivity index (χ0v) is 20.7. The molecular formula is C25H29Cl2N3O4. The second-order valence-electron chi connectivity index (χ2n) is 8.55. The van der Waals surface area contributed by atoms with Gasteiger partial charge in [-0.15, -0.1) is 0 Å². The summed E-state index contributed by atoms with van der Waals surface area (Å²) >= 11 is 12.1. The van der Waals surface area contributed by atoms with Gasteiger partial charge in [-0.3, -0.25) is 14.5 Å². The van der Waals surface area contributed by atoms with Gasteiger partial charge in [0.15, 0.2) is 0 Å². The highest BCUT2D eigenvalue weighted by atomic mass is 35.5. The van der Waals surface area contributed by atoms with E-state index in [9.17, 15) is 9.59 Å². The molecule has 0 spiro atoms. The van der Waals surface area contributed by atoms with E-state index in [0.29, 0.717) is 66.3 Å². The lowest BCUT2D eigenvalue weighted by Crippen LogP contribution is -2.50. The Labute approximate surface area is 210 Å². The third-order valence-electron chi connectivity index (χ3n) is 6.25. The molecule has 182 valence electrons. The number of carbonyl (C=O) groups excluding carboxylic acids is 2. The van der Waals surface area contributed by atoms with E-state index >= 15 is 0 Å². The molecule has 0 aromatic heterocycles. The van der Waals surface area contributed by atoms with Gasteiger partial charge in [0, 0.05) is 50.4 Å². The van der Waals surface area contributed by atoms with Crippen LogP contribution in [-0.2, 0) is 4.74 Å². The van der Waals surface area contributed by atoms with Crippen LogP contribution >= 0.6 is 23.2 Å². The van der Waals surface area contributed by atoms with Gasteiger partial charge in [-0.25, -0.2) is 0 Å². The molecule has 2 aliphatic heterocycles. The third-order valence-corrected chi connectivity index (χ3v) is 6.99. The Bertz CT molecular complexity index is 1030. The molecule has 1 atom stereocenters. The van der Waals surface area contributed by atoms with E-state index < -0.39 is 0 Å². The van der Waals surface area contributed by atoms with Gasteiger partial charge in [0.2, 0.25) is 0 Å². The van der Waals surface area contributed by atoms with Crippen molar-refractivity contribution in [1.29, 1.82) is 0 Å². The fraction of sp³-hybridized carbons (Fsp3) is 0.440. The molecule has 2 aliphatic rings. The first-order valence-electron chi connectivity index (χ1n) is 11.5. The van der Waals surface area contributed by atoms with Crippen molar-refractivity contribution in [3.05, 3.63) is 63.6 Å². The summed E-state index contributed by atoms with van der Waals surface area (Å²) in [5.74, 6) is 0.627. The molecule has 0 saturated carbocycles. The van der Waals surface area contributed by atoms with E-state index in [1.165, 1.54) is 0 Å². The number of methoxy groups -OCH3 is 1. The minimum Gasteiger partial charge on any atom is -0.497 e. The van der Waals surface area contributed by atoms with E-state index in [-0.39, 0.29) is 17.9 Å². The summed E-state index contributed by atoms with van der Waals surface area (Å²) < 4.78 is 11.2. The van der Waals surface area contributed by atoms with Crippen LogP contribution in [0.1, 0.15) is 27.1 Å². The second-order valence-corrected chi connectivity index (χ2v) is 9.37. The third kappa shape index (κ3) is 6.02. The first-order valence-corrected chi connectivity index (χ1v) is 12.2. The van der Waals surface area contributed by atoms with E-state index in [4.69, 9.17) is 32.7 Å². The van der Waals surface area contributed by atoms with Gasteiger partial charge in [0.1, 0.15) is 5.75 Å². The summed E-state index contributed by atoms with van der Waals surface area (Å²) in [6, 6.07) is 12.2. The smallest absolute Gasteiger partial charge is 0.254 e. The number of amides is 2. The maximum atomic E-state index is 13.0. The van der Waals surface area contributed by atoms with Crippen LogP contribution in [-0.4, -0.2) is 92.1 Å². The van der Waals surface area contributed by atoms with Crippen molar-refractivity contribution in [1.82, 2.24) is 14.7 Å². The Morgan fingerprint density at radius 2 is 1.74 bits per heavy atom. The minimum absolute atomic E-state index is 0.0214. The number of hydrogen-bond donors (Lipinski definition) is 0. The fourth-order valence-electron chi connectivity index (χ4n) is 4.41. The lowest BCUT2D eigenvalue weighted by molar-refractivity contribution is -0.0353. The van der Waals surface area contributed by atoms with Crippen molar-refractivity contribution in [2.45, 2.75) is 12.5 Å². The summed E-state index contributed by atoms with van der Waals surface area (Å²) in [5, 5.41) is 0.799. The van der Waals surface area contributed by atoms with Crippen LogP contribution in [0.15, 0.2) is 42.5 Å². The second kappa shape index (κ2) is 11.4. The Hall–Kier alpha value is -2.32. The molecule has 1 unspecified atom stereocenters. The normalized spacial score (nSPS) is 19.6. The standard InChI is InChI=1S/C25H29Cl2N3O4/c1-33-20-5-2-4-18(14-20)24(31)29-9-3-8-28(10-11-29)16-21-17-30(12-13-34-21)25(32)19-6-7-22(26)23(27)15-19/h2,4-7,14-15,21H,3,8-13,16-17H2,1H3. The van der Waals surface area contributed by atoms with Crippen LogP contribution in [0.3, 0.4) is 0 Å². The maximum absolute atomic E-state index is 13.0. The Morgan fingerprint density at radius 1 is 0.941 bits per heavy atom. The number of hydrogen-bond acceptors (Lipinski definition) is 5. The SMILES string of the molecule is COc1cccc(C(=O)N2CCCN(CC3CN(C(=O)c4ccc(Cl)c(Cl)c4)CCO3)CC2)c1. The molecule has 2 saturated heterocycles. The van der Waals surface area contributed by atoms with E-state index in [1.54, 1.807) is 31.4 Å². The molecule has 2 heterocycles. The molecule has 9 heteroatoms. The first-order chi connectivity index (χ1) is 16.4. The molecule has 4 rings (SSSR count). The molecular weight excluding hydrogens is 477 g/mol. The summed E-state index contributed by atoms with van der Waals surface area (Å²) in [6.45, 7) is 5.26. The maximum Gasteiger partial charge on any atom is 0.254 e. The van der Waals surface area contributed by atoms with Gasteiger partial charge in [-0.1, -0.05) is 29.3 Å². The molecule has 2 amide bonds. The van der Waals surface area contributed by atoms with Crippen LogP contribution in [0, 0.1) is 0 Å². The molecule has 0 aliphatic carbocycles.